The van der Waals surface area contributed by atoms with Crippen LogP contribution in [0.3, 0.4) is 0 Å². The van der Waals surface area contributed by atoms with Gasteiger partial charge in [-0.1, -0.05) is 12.1 Å². The topological polar surface area (TPSA) is 53.9 Å². The summed E-state index contributed by atoms with van der Waals surface area (Å²) in [5.41, 5.74) is 3.88. The number of nitrogens with zero attached hydrogens (tertiary/aromatic N) is 2. The lowest BCUT2D eigenvalue weighted by atomic mass is 9.63. The van der Waals surface area contributed by atoms with E-state index in [0.717, 1.165) is 18.7 Å². The Morgan fingerprint density at radius 1 is 1.50 bits per heavy atom. The van der Waals surface area contributed by atoms with Crippen LogP contribution in [0.2, 0.25) is 0 Å². The van der Waals surface area contributed by atoms with Crippen molar-refractivity contribution < 1.29 is 9.53 Å². The van der Waals surface area contributed by atoms with Gasteiger partial charge in [-0.25, -0.2) is 4.79 Å². The summed E-state index contributed by atoms with van der Waals surface area (Å²) in [7, 11) is 2.25. The third-order valence-electron chi connectivity index (χ3n) is 6.09. The first-order chi connectivity index (χ1) is 12.6. The third kappa shape index (κ3) is 2.84. The Morgan fingerprint density at radius 3 is 3.23 bits per heavy atom. The van der Waals surface area contributed by atoms with Crippen LogP contribution in [0.1, 0.15) is 43.2 Å². The predicted octanol–water partition coefficient (Wildman–Crippen LogP) is 2.89. The van der Waals surface area contributed by atoms with E-state index < -0.39 is 0 Å². The van der Waals surface area contributed by atoms with Crippen molar-refractivity contribution in [3.05, 3.63) is 41.6 Å². The molecule has 0 radical (unpaired) electrons. The zero-order valence-corrected chi connectivity index (χ0v) is 15.6. The maximum absolute atomic E-state index is 11.5. The van der Waals surface area contributed by atoms with Crippen LogP contribution in [0.15, 0.2) is 35.5 Å². The van der Waals surface area contributed by atoms with E-state index in [0.29, 0.717) is 18.6 Å². The SMILES string of the molecule is CCOC(=O)C=CNCC12C=Nc3cccc(c31)C1CCCN(C)[C@@H]1C2. The molecule has 1 N–H and O–H groups in total. The minimum absolute atomic E-state index is 0.0995. The zero-order valence-electron chi connectivity index (χ0n) is 15.6. The van der Waals surface area contributed by atoms with Crippen LogP contribution in [-0.2, 0) is 14.9 Å². The maximum Gasteiger partial charge on any atom is 0.332 e. The molecule has 2 heterocycles. The zero-order chi connectivity index (χ0) is 18.1. The number of likely N-dealkylation sites (N-methyl/N-ethyl adjacent to an activating group) is 1. The molecule has 0 amide bonds. The molecule has 1 aliphatic carbocycles. The summed E-state index contributed by atoms with van der Waals surface area (Å²) in [5, 5.41) is 3.33. The van der Waals surface area contributed by atoms with Crippen molar-refractivity contribution >= 4 is 17.9 Å². The number of likely N-dealkylation sites (tertiary alicyclic amines) is 1. The van der Waals surface area contributed by atoms with Crippen molar-refractivity contribution in [3.63, 3.8) is 0 Å². The van der Waals surface area contributed by atoms with E-state index in [-0.39, 0.29) is 11.4 Å². The van der Waals surface area contributed by atoms with Gasteiger partial charge in [0.15, 0.2) is 0 Å². The molecule has 3 aliphatic rings. The molecular weight excluding hydrogens is 326 g/mol. The van der Waals surface area contributed by atoms with Gasteiger partial charge in [-0.2, -0.15) is 0 Å². The summed E-state index contributed by atoms with van der Waals surface area (Å²) in [6.45, 7) is 4.11. The number of carbonyl (C=O) groups is 1. The van der Waals surface area contributed by atoms with Gasteiger partial charge in [0.25, 0.3) is 0 Å². The molecule has 5 heteroatoms. The Kier molecular flexibility index (Phi) is 4.57. The molecule has 0 spiro atoms. The summed E-state index contributed by atoms with van der Waals surface area (Å²) in [4.78, 5) is 18.8. The van der Waals surface area contributed by atoms with E-state index in [9.17, 15) is 4.79 Å². The second kappa shape index (κ2) is 6.88. The fourth-order valence-corrected chi connectivity index (χ4v) is 4.95. The first-order valence-electron chi connectivity index (χ1n) is 9.60. The van der Waals surface area contributed by atoms with Crippen molar-refractivity contribution in [3.8, 4) is 0 Å². The number of carbonyl (C=O) groups excluding carboxylic acids is 1. The second-order valence-electron chi connectivity index (χ2n) is 7.62. The summed E-state index contributed by atoms with van der Waals surface area (Å²) in [6.07, 6.45) is 8.88. The van der Waals surface area contributed by atoms with Gasteiger partial charge in [0.1, 0.15) is 0 Å². The van der Waals surface area contributed by atoms with E-state index in [1.807, 2.05) is 6.92 Å². The number of piperidine rings is 1. The molecule has 2 aliphatic heterocycles. The largest absolute Gasteiger partial charge is 0.463 e. The molecule has 1 aromatic rings. The van der Waals surface area contributed by atoms with Gasteiger partial charge in [-0.3, -0.25) is 4.99 Å². The molecule has 1 saturated heterocycles. The van der Waals surface area contributed by atoms with Crippen molar-refractivity contribution in [1.82, 2.24) is 10.2 Å². The number of rotatable bonds is 5. The Bertz CT molecular complexity index is 758. The Labute approximate surface area is 155 Å². The number of benzene rings is 1. The number of esters is 1. The van der Waals surface area contributed by atoms with Crippen molar-refractivity contribution in [1.29, 1.82) is 0 Å². The minimum Gasteiger partial charge on any atom is -0.463 e. The average Bonchev–Trinajstić information content (AvgIpc) is 3.01. The van der Waals surface area contributed by atoms with Crippen molar-refractivity contribution in [2.45, 2.75) is 43.6 Å². The lowest BCUT2D eigenvalue weighted by Gasteiger charge is -2.49. The molecule has 1 aromatic carbocycles. The molecular formula is C21H27N3O2. The lowest BCUT2D eigenvalue weighted by Crippen LogP contribution is -2.52. The number of fused-ring (bicyclic) bond motifs is 2. The van der Waals surface area contributed by atoms with E-state index >= 15 is 0 Å². The molecule has 0 bridgehead atoms. The fraction of sp³-hybridized carbons (Fsp3) is 0.524. The van der Waals surface area contributed by atoms with Crippen LogP contribution < -0.4 is 5.32 Å². The van der Waals surface area contributed by atoms with Gasteiger partial charge in [-0.05, 0) is 62.9 Å². The van der Waals surface area contributed by atoms with Crippen LogP contribution in [0.4, 0.5) is 5.69 Å². The normalized spacial score (nSPS) is 29.5. The van der Waals surface area contributed by atoms with Crippen LogP contribution in [0.5, 0.6) is 0 Å². The molecule has 4 rings (SSSR count). The van der Waals surface area contributed by atoms with E-state index in [1.54, 1.807) is 6.20 Å². The summed E-state index contributed by atoms with van der Waals surface area (Å²) in [6, 6.07) is 7.12. The van der Waals surface area contributed by atoms with Gasteiger partial charge in [0, 0.05) is 31.1 Å². The van der Waals surface area contributed by atoms with E-state index in [1.165, 1.54) is 36.6 Å². The second-order valence-corrected chi connectivity index (χ2v) is 7.62. The van der Waals surface area contributed by atoms with Crippen LogP contribution >= 0.6 is 0 Å². The Hall–Kier alpha value is -2.14. The molecule has 3 atom stereocenters. The van der Waals surface area contributed by atoms with Gasteiger partial charge < -0.3 is 15.0 Å². The molecule has 5 nitrogen and oxygen atoms in total. The monoisotopic (exact) mass is 353 g/mol. The summed E-state index contributed by atoms with van der Waals surface area (Å²) >= 11 is 0. The standard InChI is InChI=1S/C21H27N3O2/c1-3-26-19(25)9-10-22-13-21-12-18-15(7-5-11-24(18)2)16-6-4-8-17(20(16)21)23-14-21/h4,6,8-10,14-15,18,22H,3,5,7,11-13H2,1-2H3/t15?,18-,21?/m1/s1. The van der Waals surface area contributed by atoms with E-state index in [4.69, 9.17) is 9.73 Å². The highest BCUT2D eigenvalue weighted by Gasteiger charge is 2.49. The van der Waals surface area contributed by atoms with Crippen molar-refractivity contribution in [2.75, 3.05) is 26.7 Å². The van der Waals surface area contributed by atoms with Gasteiger partial charge >= 0.3 is 5.97 Å². The maximum atomic E-state index is 11.5. The minimum atomic E-state index is -0.311. The first-order valence-corrected chi connectivity index (χ1v) is 9.60. The fourth-order valence-electron chi connectivity index (χ4n) is 4.95. The number of ether oxygens (including phenoxy) is 1. The van der Waals surface area contributed by atoms with Crippen molar-refractivity contribution in [2.24, 2.45) is 4.99 Å². The highest BCUT2D eigenvalue weighted by molar-refractivity contribution is 5.88. The molecule has 1 fully saturated rings. The number of nitrogens with one attached hydrogen (secondary N) is 1. The van der Waals surface area contributed by atoms with Crippen LogP contribution in [-0.4, -0.2) is 49.9 Å². The molecule has 138 valence electrons. The molecule has 26 heavy (non-hydrogen) atoms. The third-order valence-corrected chi connectivity index (χ3v) is 6.09. The first kappa shape index (κ1) is 17.3. The predicted molar refractivity (Wildman–Crippen MR) is 103 cm³/mol. The molecule has 0 aromatic heterocycles. The summed E-state index contributed by atoms with van der Waals surface area (Å²) < 4.78 is 4.94. The van der Waals surface area contributed by atoms with Crippen LogP contribution in [0.25, 0.3) is 0 Å². The van der Waals surface area contributed by atoms with Crippen LogP contribution in [0, 0.1) is 0 Å². The highest BCUT2D eigenvalue weighted by atomic mass is 16.5. The lowest BCUT2D eigenvalue weighted by molar-refractivity contribution is -0.137. The number of hydrogen-bond acceptors (Lipinski definition) is 5. The van der Waals surface area contributed by atoms with E-state index in [2.05, 4.69) is 41.7 Å². The Balaban J connectivity index is 1.61. The summed E-state index contributed by atoms with van der Waals surface area (Å²) in [5.74, 6) is 0.294. The van der Waals surface area contributed by atoms with Gasteiger partial charge in [-0.15, -0.1) is 0 Å². The quantitative estimate of drug-likeness (QED) is 0.653. The molecule has 2 unspecified atom stereocenters. The van der Waals surface area contributed by atoms with Gasteiger partial charge in [0.2, 0.25) is 0 Å². The molecule has 0 saturated carbocycles. The Morgan fingerprint density at radius 2 is 2.38 bits per heavy atom. The average molecular weight is 353 g/mol. The smallest absolute Gasteiger partial charge is 0.332 e. The number of aliphatic imine (C=N–C) groups is 1. The number of hydrogen-bond donors (Lipinski definition) is 1. The van der Waals surface area contributed by atoms with Gasteiger partial charge in [0.05, 0.1) is 17.7 Å². The highest BCUT2D eigenvalue weighted by Crippen LogP contribution is 2.52.